The molecule has 0 unspecified atom stereocenters. The summed E-state index contributed by atoms with van der Waals surface area (Å²) in [5.74, 6) is -1.85. The number of amides is 1. The average Bonchev–Trinajstić information content (AvgIpc) is 2.53. The second-order valence-corrected chi connectivity index (χ2v) is 1.90. The van der Waals surface area contributed by atoms with Gasteiger partial charge in [-0.05, 0) is 5.21 Å². The monoisotopic (exact) mass is 183 g/mol. The molecule has 0 fully saturated rings. The normalized spacial score (nSPS) is 10.2. The van der Waals surface area contributed by atoms with E-state index in [9.17, 15) is 9.59 Å². The van der Waals surface area contributed by atoms with E-state index in [-0.39, 0.29) is 5.95 Å². The Kier molecular flexibility index (Phi) is 2.69. The Bertz CT molecular complexity index is 330. The van der Waals surface area contributed by atoms with Crippen LogP contribution in [0.3, 0.4) is 0 Å². The van der Waals surface area contributed by atoms with Gasteiger partial charge in [0.1, 0.15) is 0 Å². The van der Waals surface area contributed by atoms with E-state index in [1.165, 1.54) is 0 Å². The quantitative estimate of drug-likeness (QED) is 0.505. The maximum Gasteiger partial charge on any atom is 0.328 e. The second-order valence-electron chi connectivity index (χ2n) is 1.90. The first-order valence-corrected chi connectivity index (χ1v) is 3.14. The van der Waals surface area contributed by atoms with Crippen LogP contribution in [0.1, 0.15) is 0 Å². The van der Waals surface area contributed by atoms with E-state index in [4.69, 9.17) is 5.11 Å². The zero-order chi connectivity index (χ0) is 9.68. The molecule has 1 amide bonds. The summed E-state index contributed by atoms with van der Waals surface area (Å²) in [5.41, 5.74) is 0. The van der Waals surface area contributed by atoms with Crippen LogP contribution >= 0.6 is 0 Å². The number of aromatic amines is 1. The maximum absolute atomic E-state index is 10.8. The smallest absolute Gasteiger partial charge is 0.328 e. The molecule has 1 aromatic rings. The number of anilines is 1. The molecule has 0 saturated heterocycles. The summed E-state index contributed by atoms with van der Waals surface area (Å²) >= 11 is 0. The lowest BCUT2D eigenvalue weighted by Crippen LogP contribution is -2.09. The van der Waals surface area contributed by atoms with Gasteiger partial charge in [0.2, 0.25) is 0 Å². The number of hydrogen-bond acceptors (Lipinski definition) is 5. The van der Waals surface area contributed by atoms with Crippen molar-refractivity contribution in [3.8, 4) is 0 Å². The minimum atomic E-state index is -1.21. The Morgan fingerprint density at radius 3 is 2.77 bits per heavy atom. The molecule has 0 bridgehead atoms. The molecule has 1 aromatic heterocycles. The number of carboxylic acid groups (broad SMARTS) is 1. The molecule has 0 aliphatic rings. The molecule has 8 heteroatoms. The Morgan fingerprint density at radius 1 is 1.46 bits per heavy atom. The summed E-state index contributed by atoms with van der Waals surface area (Å²) in [5, 5.41) is 22.5. The van der Waals surface area contributed by atoms with Crippen molar-refractivity contribution in [3.05, 3.63) is 12.2 Å². The molecular formula is C5H5N5O3. The van der Waals surface area contributed by atoms with Crippen LogP contribution in [0.15, 0.2) is 12.2 Å². The highest BCUT2D eigenvalue weighted by molar-refractivity contribution is 6.01. The number of H-pyrrole nitrogens is 1. The summed E-state index contributed by atoms with van der Waals surface area (Å²) in [7, 11) is 0. The number of nitrogens with one attached hydrogen (secondary N) is 2. The molecule has 0 radical (unpaired) electrons. The van der Waals surface area contributed by atoms with E-state index >= 15 is 0 Å². The molecule has 3 N–H and O–H groups in total. The van der Waals surface area contributed by atoms with Crippen LogP contribution in [-0.4, -0.2) is 37.6 Å². The minimum Gasteiger partial charge on any atom is -0.478 e. The lowest BCUT2D eigenvalue weighted by atomic mass is 10.5. The van der Waals surface area contributed by atoms with Gasteiger partial charge in [-0.3, -0.25) is 10.1 Å². The fourth-order valence-electron chi connectivity index (χ4n) is 0.514. The molecular weight excluding hydrogens is 178 g/mol. The fraction of sp³-hybridized carbons (Fsp3) is 0. The van der Waals surface area contributed by atoms with Crippen molar-refractivity contribution in [2.45, 2.75) is 0 Å². The molecule has 8 nitrogen and oxygen atoms in total. The highest BCUT2D eigenvalue weighted by atomic mass is 16.4. The van der Waals surface area contributed by atoms with Crippen LogP contribution in [0.2, 0.25) is 0 Å². The summed E-state index contributed by atoms with van der Waals surface area (Å²) in [4.78, 5) is 20.8. The number of hydrogen-bond donors (Lipinski definition) is 3. The van der Waals surface area contributed by atoms with Crippen molar-refractivity contribution in [1.82, 2.24) is 20.6 Å². The van der Waals surface area contributed by atoms with Crippen LogP contribution < -0.4 is 5.32 Å². The van der Waals surface area contributed by atoms with E-state index in [0.717, 1.165) is 6.08 Å². The van der Waals surface area contributed by atoms with Crippen LogP contribution in [0, 0.1) is 0 Å². The predicted molar refractivity (Wildman–Crippen MR) is 39.6 cm³/mol. The van der Waals surface area contributed by atoms with Crippen molar-refractivity contribution in [1.29, 1.82) is 0 Å². The summed E-state index contributed by atoms with van der Waals surface area (Å²) in [6.45, 7) is 0. The number of tetrazole rings is 1. The van der Waals surface area contributed by atoms with Gasteiger partial charge in [-0.15, -0.1) is 5.10 Å². The first-order chi connectivity index (χ1) is 6.18. The van der Waals surface area contributed by atoms with E-state index in [0.29, 0.717) is 6.08 Å². The highest BCUT2D eigenvalue weighted by Crippen LogP contribution is 1.89. The van der Waals surface area contributed by atoms with Crippen molar-refractivity contribution < 1.29 is 14.7 Å². The van der Waals surface area contributed by atoms with Crippen LogP contribution in [-0.2, 0) is 9.59 Å². The summed E-state index contributed by atoms with van der Waals surface area (Å²) in [6, 6.07) is 0. The Hall–Kier alpha value is -2.25. The molecule has 0 spiro atoms. The highest BCUT2D eigenvalue weighted by Gasteiger charge is 2.01. The molecule has 13 heavy (non-hydrogen) atoms. The summed E-state index contributed by atoms with van der Waals surface area (Å²) in [6.07, 6.45) is 1.55. The minimum absolute atomic E-state index is 0.0139. The van der Waals surface area contributed by atoms with Gasteiger partial charge >= 0.3 is 5.97 Å². The number of carbonyl (C=O) groups excluding carboxylic acids is 1. The van der Waals surface area contributed by atoms with Crippen molar-refractivity contribution in [2.24, 2.45) is 0 Å². The largest absolute Gasteiger partial charge is 0.478 e. The zero-order valence-electron chi connectivity index (χ0n) is 6.26. The van der Waals surface area contributed by atoms with E-state index in [1.807, 2.05) is 0 Å². The average molecular weight is 183 g/mol. The molecule has 0 saturated carbocycles. The Morgan fingerprint density at radius 2 is 2.23 bits per heavy atom. The molecule has 0 aliphatic heterocycles. The van der Waals surface area contributed by atoms with Gasteiger partial charge in [0.05, 0.1) is 0 Å². The van der Waals surface area contributed by atoms with Crippen molar-refractivity contribution in [2.75, 3.05) is 5.32 Å². The van der Waals surface area contributed by atoms with Gasteiger partial charge in [0.15, 0.2) is 0 Å². The molecule has 0 aliphatic carbocycles. The molecule has 0 aromatic carbocycles. The predicted octanol–water partition coefficient (Wildman–Crippen LogP) is -1.22. The maximum atomic E-state index is 10.8. The molecule has 1 heterocycles. The first-order valence-electron chi connectivity index (χ1n) is 3.14. The number of aromatic nitrogens is 4. The van der Waals surface area contributed by atoms with E-state index < -0.39 is 11.9 Å². The number of carbonyl (C=O) groups is 2. The number of carboxylic acids is 1. The molecule has 68 valence electrons. The third-order valence-electron chi connectivity index (χ3n) is 0.958. The van der Waals surface area contributed by atoms with Gasteiger partial charge in [-0.25, -0.2) is 4.79 Å². The fourth-order valence-corrected chi connectivity index (χ4v) is 0.514. The SMILES string of the molecule is O=C(O)/C=C/C(=O)Nc1nn[nH]n1. The second kappa shape index (κ2) is 3.95. The Balaban J connectivity index is 2.47. The van der Waals surface area contributed by atoms with Crippen LogP contribution in [0.25, 0.3) is 0 Å². The first kappa shape index (κ1) is 8.84. The lowest BCUT2D eigenvalue weighted by Gasteiger charge is -1.90. The van der Waals surface area contributed by atoms with E-state index in [1.54, 1.807) is 0 Å². The van der Waals surface area contributed by atoms with Crippen molar-refractivity contribution in [3.63, 3.8) is 0 Å². The van der Waals surface area contributed by atoms with Gasteiger partial charge in [-0.2, -0.15) is 5.21 Å². The topological polar surface area (TPSA) is 121 Å². The molecule has 0 atom stereocenters. The van der Waals surface area contributed by atoms with Crippen molar-refractivity contribution >= 4 is 17.8 Å². The third-order valence-corrected chi connectivity index (χ3v) is 0.958. The van der Waals surface area contributed by atoms with Crippen LogP contribution in [0.5, 0.6) is 0 Å². The van der Waals surface area contributed by atoms with Gasteiger partial charge < -0.3 is 5.11 Å². The van der Waals surface area contributed by atoms with Gasteiger partial charge in [0, 0.05) is 12.2 Å². The summed E-state index contributed by atoms with van der Waals surface area (Å²) < 4.78 is 0. The van der Waals surface area contributed by atoms with Crippen LogP contribution in [0.4, 0.5) is 5.95 Å². The molecule has 1 rings (SSSR count). The lowest BCUT2D eigenvalue weighted by molar-refractivity contribution is -0.131. The van der Waals surface area contributed by atoms with Gasteiger partial charge in [0.25, 0.3) is 11.9 Å². The standard InChI is InChI=1S/C5H5N5O3/c11-3(1-2-4(12)13)6-5-7-9-10-8-5/h1-2H,(H,12,13)(H2,6,7,8,9,10,11)/b2-1+. The van der Waals surface area contributed by atoms with E-state index in [2.05, 4.69) is 25.9 Å². The Labute approximate surface area is 71.6 Å². The third kappa shape index (κ3) is 3.10. The number of aliphatic carboxylic acids is 1. The number of rotatable bonds is 3. The number of nitrogens with zero attached hydrogens (tertiary/aromatic N) is 3. The zero-order valence-corrected chi connectivity index (χ0v) is 6.26. The van der Waals surface area contributed by atoms with Gasteiger partial charge in [-0.1, -0.05) is 5.10 Å².